The van der Waals surface area contributed by atoms with Crippen LogP contribution in [-0.4, -0.2) is 23.6 Å². The van der Waals surface area contributed by atoms with Crippen molar-refractivity contribution in [3.63, 3.8) is 0 Å². The fourth-order valence-corrected chi connectivity index (χ4v) is 0.756. The summed E-state index contributed by atoms with van der Waals surface area (Å²) in [7, 11) is 0. The Morgan fingerprint density at radius 3 is 2.23 bits per heavy atom. The molecule has 0 heterocycles. The van der Waals surface area contributed by atoms with Crippen molar-refractivity contribution in [2.75, 3.05) is 5.33 Å². The van der Waals surface area contributed by atoms with E-state index in [2.05, 4.69) is 27.2 Å². The van der Waals surface area contributed by atoms with E-state index in [1.165, 1.54) is 13.8 Å². The average Bonchev–Trinajstić information content (AvgIpc) is 2.02. The number of rotatable bonds is 4. The van der Waals surface area contributed by atoms with Crippen molar-refractivity contribution in [2.45, 2.75) is 20.1 Å². The molecule has 0 rings (SSSR count). The van der Waals surface area contributed by atoms with Gasteiger partial charge in [-0.15, -0.1) is 0 Å². The molecule has 13 heavy (non-hydrogen) atoms. The van der Waals surface area contributed by atoms with Gasteiger partial charge in [0.15, 0.2) is 0 Å². The van der Waals surface area contributed by atoms with Crippen LogP contribution in [0.4, 0.5) is 0 Å². The van der Waals surface area contributed by atoms with Gasteiger partial charge >= 0.3 is 11.9 Å². The summed E-state index contributed by atoms with van der Waals surface area (Å²) in [5, 5.41) is 0.242. The molecule has 0 spiro atoms. The van der Waals surface area contributed by atoms with Gasteiger partial charge in [-0.25, -0.2) is 4.79 Å². The number of alkyl halides is 1. The molecule has 1 atom stereocenters. The standard InChI is InChI=1S/C8H11BrO4/c1-5(2)8(11)13-7(4-9)12-6(3)10/h7H,1,4H2,2-3H3. The summed E-state index contributed by atoms with van der Waals surface area (Å²) in [6.07, 6.45) is -0.887. The van der Waals surface area contributed by atoms with Gasteiger partial charge in [0.1, 0.15) is 0 Å². The quantitative estimate of drug-likeness (QED) is 0.328. The van der Waals surface area contributed by atoms with Crippen molar-refractivity contribution in [3.05, 3.63) is 12.2 Å². The predicted octanol–water partition coefficient (Wildman–Crippen LogP) is 1.39. The third-order valence-corrected chi connectivity index (χ3v) is 1.54. The minimum Gasteiger partial charge on any atom is -0.424 e. The maximum absolute atomic E-state index is 11.0. The normalized spacial score (nSPS) is 11.6. The van der Waals surface area contributed by atoms with Gasteiger partial charge < -0.3 is 9.47 Å². The van der Waals surface area contributed by atoms with E-state index >= 15 is 0 Å². The Bertz CT molecular complexity index is 224. The molecule has 5 heteroatoms. The largest absolute Gasteiger partial charge is 0.424 e. The fraction of sp³-hybridized carbons (Fsp3) is 0.500. The zero-order valence-electron chi connectivity index (χ0n) is 7.50. The van der Waals surface area contributed by atoms with E-state index < -0.39 is 18.2 Å². The van der Waals surface area contributed by atoms with Gasteiger partial charge in [-0.3, -0.25) is 4.79 Å². The van der Waals surface area contributed by atoms with Crippen LogP contribution in [-0.2, 0) is 19.1 Å². The number of hydrogen-bond donors (Lipinski definition) is 0. The first-order chi connectivity index (χ1) is 5.97. The molecule has 0 radical (unpaired) electrons. The van der Waals surface area contributed by atoms with Gasteiger partial charge in [0.2, 0.25) is 0 Å². The highest BCUT2D eigenvalue weighted by Gasteiger charge is 2.15. The highest BCUT2D eigenvalue weighted by Crippen LogP contribution is 2.03. The van der Waals surface area contributed by atoms with Crippen LogP contribution in [0.2, 0.25) is 0 Å². The lowest BCUT2D eigenvalue weighted by Gasteiger charge is -2.14. The molecular formula is C8H11BrO4. The first-order valence-corrected chi connectivity index (χ1v) is 4.69. The number of carbonyl (C=O) groups is 2. The Morgan fingerprint density at radius 1 is 1.38 bits per heavy atom. The van der Waals surface area contributed by atoms with Crippen LogP contribution < -0.4 is 0 Å². The second-order valence-electron chi connectivity index (χ2n) is 2.38. The minimum absolute atomic E-state index is 0.242. The lowest BCUT2D eigenvalue weighted by atomic mass is 10.4. The zero-order valence-corrected chi connectivity index (χ0v) is 9.09. The number of hydrogen-bond acceptors (Lipinski definition) is 4. The molecular weight excluding hydrogens is 240 g/mol. The molecule has 0 saturated heterocycles. The lowest BCUT2D eigenvalue weighted by Crippen LogP contribution is -2.25. The molecule has 74 valence electrons. The molecule has 0 aromatic heterocycles. The van der Waals surface area contributed by atoms with E-state index in [-0.39, 0.29) is 10.9 Å². The Balaban J connectivity index is 4.05. The molecule has 1 unspecified atom stereocenters. The zero-order chi connectivity index (χ0) is 10.4. The van der Waals surface area contributed by atoms with Crippen molar-refractivity contribution in [1.29, 1.82) is 0 Å². The van der Waals surface area contributed by atoms with Crippen LogP contribution in [0.15, 0.2) is 12.2 Å². The summed E-state index contributed by atoms with van der Waals surface area (Å²) in [6.45, 7) is 6.15. The summed E-state index contributed by atoms with van der Waals surface area (Å²) < 4.78 is 9.39. The van der Waals surface area contributed by atoms with Crippen molar-refractivity contribution in [3.8, 4) is 0 Å². The molecule has 0 aromatic carbocycles. The summed E-state index contributed by atoms with van der Waals surface area (Å²) in [5.74, 6) is -1.08. The highest BCUT2D eigenvalue weighted by atomic mass is 79.9. The van der Waals surface area contributed by atoms with Gasteiger partial charge in [-0.2, -0.15) is 0 Å². The van der Waals surface area contributed by atoms with E-state index in [0.29, 0.717) is 0 Å². The van der Waals surface area contributed by atoms with E-state index in [0.717, 1.165) is 0 Å². The smallest absolute Gasteiger partial charge is 0.336 e. The van der Waals surface area contributed by atoms with E-state index in [1.807, 2.05) is 0 Å². The van der Waals surface area contributed by atoms with E-state index in [4.69, 9.17) is 4.74 Å². The molecule has 0 aromatic rings. The summed E-state index contributed by atoms with van der Waals surface area (Å²) in [6, 6.07) is 0. The Hall–Kier alpha value is -0.840. The average molecular weight is 251 g/mol. The molecule has 0 fully saturated rings. The molecule has 0 amide bonds. The summed E-state index contributed by atoms with van der Waals surface area (Å²) in [5.41, 5.74) is 0.262. The first-order valence-electron chi connectivity index (χ1n) is 3.57. The maximum atomic E-state index is 11.0. The number of ether oxygens (including phenoxy) is 2. The van der Waals surface area contributed by atoms with Crippen molar-refractivity contribution in [2.24, 2.45) is 0 Å². The Labute approximate surface area is 85.0 Å². The first kappa shape index (κ1) is 12.2. The van der Waals surface area contributed by atoms with Crippen molar-refractivity contribution < 1.29 is 19.1 Å². The third kappa shape index (κ3) is 5.41. The number of carbonyl (C=O) groups excluding carboxylic acids is 2. The molecule has 0 aliphatic rings. The third-order valence-electron chi connectivity index (χ3n) is 1.01. The highest BCUT2D eigenvalue weighted by molar-refractivity contribution is 9.09. The molecule has 0 N–H and O–H groups in total. The van der Waals surface area contributed by atoms with Crippen LogP contribution in [0.25, 0.3) is 0 Å². The molecule has 4 nitrogen and oxygen atoms in total. The number of esters is 2. The Morgan fingerprint density at radius 2 is 1.92 bits per heavy atom. The van der Waals surface area contributed by atoms with Gasteiger partial charge in [-0.05, 0) is 6.92 Å². The lowest BCUT2D eigenvalue weighted by molar-refractivity contribution is -0.178. The van der Waals surface area contributed by atoms with Gasteiger partial charge in [0, 0.05) is 12.5 Å². The molecule has 0 aliphatic carbocycles. The second-order valence-corrected chi connectivity index (χ2v) is 3.03. The fourth-order valence-electron chi connectivity index (χ4n) is 0.492. The van der Waals surface area contributed by atoms with Crippen molar-refractivity contribution >= 4 is 27.9 Å². The van der Waals surface area contributed by atoms with Gasteiger partial charge in [-0.1, -0.05) is 22.5 Å². The summed E-state index contributed by atoms with van der Waals surface area (Å²) >= 11 is 3.04. The van der Waals surface area contributed by atoms with Gasteiger partial charge in [0.05, 0.1) is 5.33 Å². The molecule has 0 saturated carbocycles. The summed E-state index contributed by atoms with van der Waals surface area (Å²) in [4.78, 5) is 21.5. The minimum atomic E-state index is -0.887. The number of halogens is 1. The van der Waals surface area contributed by atoms with Crippen LogP contribution in [0, 0.1) is 0 Å². The second kappa shape index (κ2) is 5.75. The monoisotopic (exact) mass is 250 g/mol. The predicted molar refractivity (Wildman–Crippen MR) is 50.3 cm³/mol. The van der Waals surface area contributed by atoms with Crippen LogP contribution in [0.1, 0.15) is 13.8 Å². The Kier molecular flexibility index (Phi) is 5.37. The van der Waals surface area contributed by atoms with Crippen LogP contribution in [0.3, 0.4) is 0 Å². The van der Waals surface area contributed by atoms with Crippen LogP contribution in [0.5, 0.6) is 0 Å². The SMILES string of the molecule is C=C(C)C(=O)OC(CBr)OC(C)=O. The maximum Gasteiger partial charge on any atom is 0.336 e. The van der Waals surface area contributed by atoms with Crippen LogP contribution >= 0.6 is 15.9 Å². The van der Waals surface area contributed by atoms with E-state index in [1.54, 1.807) is 0 Å². The molecule has 0 bridgehead atoms. The molecule has 0 aliphatic heterocycles. The van der Waals surface area contributed by atoms with E-state index in [9.17, 15) is 9.59 Å². The van der Waals surface area contributed by atoms with Gasteiger partial charge in [0.25, 0.3) is 6.29 Å². The van der Waals surface area contributed by atoms with Crippen molar-refractivity contribution in [1.82, 2.24) is 0 Å². The topological polar surface area (TPSA) is 52.6 Å².